The van der Waals surface area contributed by atoms with Crippen LogP contribution < -0.4 is 5.32 Å². The van der Waals surface area contributed by atoms with Gasteiger partial charge < -0.3 is 5.32 Å². The molecule has 7 heteroatoms. The Labute approximate surface area is 121 Å². The van der Waals surface area contributed by atoms with Crippen molar-refractivity contribution in [2.24, 2.45) is 11.8 Å². The van der Waals surface area contributed by atoms with E-state index in [1.807, 2.05) is 6.92 Å². The molecule has 0 saturated carbocycles. The van der Waals surface area contributed by atoms with Crippen molar-refractivity contribution in [2.75, 3.05) is 32.7 Å². The standard InChI is InChI=1S/C13H25N3O3S/c1-3-14-13(17)12-6-9-16(10-12)20(18,19)15-7-4-11(2)5-8-15/h11-12H,3-10H2,1-2H3,(H,14,17). The lowest BCUT2D eigenvalue weighted by Gasteiger charge is -2.32. The van der Waals surface area contributed by atoms with Crippen molar-refractivity contribution in [1.29, 1.82) is 0 Å². The van der Waals surface area contributed by atoms with Crippen LogP contribution in [0, 0.1) is 11.8 Å². The quantitative estimate of drug-likeness (QED) is 0.818. The van der Waals surface area contributed by atoms with Gasteiger partial charge in [0.25, 0.3) is 10.2 Å². The summed E-state index contributed by atoms with van der Waals surface area (Å²) < 4.78 is 28.1. The third-order valence-corrected chi connectivity index (χ3v) is 6.27. The minimum absolute atomic E-state index is 0.0301. The summed E-state index contributed by atoms with van der Waals surface area (Å²) in [5, 5.41) is 2.77. The molecule has 0 aromatic rings. The van der Waals surface area contributed by atoms with Gasteiger partial charge in [0.1, 0.15) is 0 Å². The second-order valence-corrected chi connectivity index (χ2v) is 7.76. The first-order valence-electron chi connectivity index (χ1n) is 7.48. The number of hydrogen-bond donors (Lipinski definition) is 1. The number of hydrogen-bond acceptors (Lipinski definition) is 3. The van der Waals surface area contributed by atoms with E-state index in [1.165, 1.54) is 4.31 Å². The van der Waals surface area contributed by atoms with Crippen LogP contribution in [0.4, 0.5) is 0 Å². The molecule has 0 radical (unpaired) electrons. The van der Waals surface area contributed by atoms with E-state index in [2.05, 4.69) is 12.2 Å². The summed E-state index contributed by atoms with van der Waals surface area (Å²) in [5.74, 6) is 0.369. The second kappa shape index (κ2) is 6.41. The van der Waals surface area contributed by atoms with Gasteiger partial charge in [-0.2, -0.15) is 17.0 Å². The van der Waals surface area contributed by atoms with Crippen molar-refractivity contribution in [3.05, 3.63) is 0 Å². The lowest BCUT2D eigenvalue weighted by atomic mass is 10.0. The Kier molecular flexibility index (Phi) is 5.04. The van der Waals surface area contributed by atoms with Crippen LogP contribution in [0.1, 0.15) is 33.1 Å². The molecule has 2 fully saturated rings. The summed E-state index contributed by atoms with van der Waals surface area (Å²) in [6.07, 6.45) is 2.47. The van der Waals surface area contributed by atoms with E-state index >= 15 is 0 Å². The molecule has 0 aromatic carbocycles. The molecule has 0 bridgehead atoms. The van der Waals surface area contributed by atoms with Gasteiger partial charge in [0, 0.05) is 32.7 Å². The minimum Gasteiger partial charge on any atom is -0.356 e. The second-order valence-electron chi connectivity index (χ2n) is 5.83. The maximum Gasteiger partial charge on any atom is 0.281 e. The molecule has 2 saturated heterocycles. The number of nitrogens with zero attached hydrogens (tertiary/aromatic N) is 2. The zero-order valence-corrected chi connectivity index (χ0v) is 13.2. The molecule has 2 aliphatic heterocycles. The van der Waals surface area contributed by atoms with Crippen LogP contribution in [0.3, 0.4) is 0 Å². The molecule has 20 heavy (non-hydrogen) atoms. The van der Waals surface area contributed by atoms with E-state index in [9.17, 15) is 13.2 Å². The Balaban J connectivity index is 1.96. The van der Waals surface area contributed by atoms with Gasteiger partial charge >= 0.3 is 0 Å². The maximum atomic E-state index is 12.5. The van der Waals surface area contributed by atoms with E-state index in [0.29, 0.717) is 45.1 Å². The Morgan fingerprint density at radius 2 is 1.75 bits per heavy atom. The molecule has 2 rings (SSSR count). The first kappa shape index (κ1) is 15.7. The molecule has 1 N–H and O–H groups in total. The topological polar surface area (TPSA) is 69.7 Å². The average molecular weight is 303 g/mol. The molecular weight excluding hydrogens is 278 g/mol. The summed E-state index contributed by atoms with van der Waals surface area (Å²) >= 11 is 0. The number of carbonyl (C=O) groups excluding carboxylic acids is 1. The van der Waals surface area contributed by atoms with E-state index < -0.39 is 10.2 Å². The van der Waals surface area contributed by atoms with E-state index in [0.717, 1.165) is 12.8 Å². The lowest BCUT2D eigenvalue weighted by molar-refractivity contribution is -0.124. The number of amides is 1. The fourth-order valence-corrected chi connectivity index (χ4v) is 4.55. The third kappa shape index (κ3) is 3.32. The average Bonchev–Trinajstić information content (AvgIpc) is 2.90. The Morgan fingerprint density at radius 3 is 2.35 bits per heavy atom. The van der Waals surface area contributed by atoms with Gasteiger partial charge in [-0.1, -0.05) is 6.92 Å². The monoisotopic (exact) mass is 303 g/mol. The highest BCUT2D eigenvalue weighted by atomic mass is 32.2. The van der Waals surface area contributed by atoms with Crippen LogP contribution in [0.2, 0.25) is 0 Å². The molecule has 116 valence electrons. The minimum atomic E-state index is -3.38. The highest BCUT2D eigenvalue weighted by molar-refractivity contribution is 7.86. The van der Waals surface area contributed by atoms with Gasteiger partial charge in [-0.05, 0) is 32.1 Å². The van der Waals surface area contributed by atoms with Crippen molar-refractivity contribution in [1.82, 2.24) is 13.9 Å². The smallest absolute Gasteiger partial charge is 0.281 e. The van der Waals surface area contributed by atoms with Crippen molar-refractivity contribution < 1.29 is 13.2 Å². The maximum absolute atomic E-state index is 12.5. The molecule has 1 atom stereocenters. The fraction of sp³-hybridized carbons (Fsp3) is 0.923. The van der Waals surface area contributed by atoms with Gasteiger partial charge in [-0.25, -0.2) is 0 Å². The Hall–Kier alpha value is -0.660. The summed E-state index contributed by atoms with van der Waals surface area (Å²) in [6.45, 7) is 6.60. The van der Waals surface area contributed by atoms with Crippen LogP contribution >= 0.6 is 0 Å². The zero-order valence-electron chi connectivity index (χ0n) is 12.3. The van der Waals surface area contributed by atoms with Crippen LogP contribution in [0.5, 0.6) is 0 Å². The number of nitrogens with one attached hydrogen (secondary N) is 1. The molecule has 1 amide bonds. The molecule has 6 nitrogen and oxygen atoms in total. The molecular formula is C13H25N3O3S. The molecule has 0 aromatic heterocycles. The van der Waals surface area contributed by atoms with E-state index in [1.54, 1.807) is 4.31 Å². The van der Waals surface area contributed by atoms with Gasteiger partial charge in [-0.15, -0.1) is 0 Å². The summed E-state index contributed by atoms with van der Waals surface area (Å²) in [7, 11) is -3.38. The fourth-order valence-electron chi connectivity index (χ4n) is 2.85. The van der Waals surface area contributed by atoms with Crippen LogP contribution in [0.25, 0.3) is 0 Å². The highest BCUT2D eigenvalue weighted by Crippen LogP contribution is 2.25. The largest absolute Gasteiger partial charge is 0.356 e. The summed E-state index contributed by atoms with van der Waals surface area (Å²) in [5.41, 5.74) is 0. The van der Waals surface area contributed by atoms with Gasteiger partial charge in [0.05, 0.1) is 5.92 Å². The highest BCUT2D eigenvalue weighted by Gasteiger charge is 2.38. The first-order chi connectivity index (χ1) is 9.45. The number of rotatable bonds is 4. The van der Waals surface area contributed by atoms with Crippen LogP contribution in [0.15, 0.2) is 0 Å². The predicted octanol–water partition coefficient (Wildman–Crippen LogP) is 0.421. The normalized spacial score (nSPS) is 26.8. The van der Waals surface area contributed by atoms with Crippen molar-refractivity contribution >= 4 is 16.1 Å². The van der Waals surface area contributed by atoms with Gasteiger partial charge in [0.15, 0.2) is 0 Å². The molecule has 0 spiro atoms. The van der Waals surface area contributed by atoms with E-state index in [-0.39, 0.29) is 11.8 Å². The van der Waals surface area contributed by atoms with Crippen LogP contribution in [-0.4, -0.2) is 55.7 Å². The van der Waals surface area contributed by atoms with Gasteiger partial charge in [0.2, 0.25) is 5.91 Å². The van der Waals surface area contributed by atoms with Crippen molar-refractivity contribution in [2.45, 2.75) is 33.1 Å². The van der Waals surface area contributed by atoms with Gasteiger partial charge in [-0.3, -0.25) is 4.79 Å². The molecule has 0 aliphatic carbocycles. The lowest BCUT2D eigenvalue weighted by Crippen LogP contribution is -2.46. The molecule has 1 unspecified atom stereocenters. The SMILES string of the molecule is CCNC(=O)C1CCN(S(=O)(=O)N2CCC(C)CC2)C1. The number of piperidine rings is 1. The zero-order chi connectivity index (χ0) is 14.8. The third-order valence-electron chi connectivity index (χ3n) is 4.27. The summed E-state index contributed by atoms with van der Waals surface area (Å²) in [4.78, 5) is 11.8. The Morgan fingerprint density at radius 1 is 1.15 bits per heavy atom. The molecule has 2 heterocycles. The van der Waals surface area contributed by atoms with E-state index in [4.69, 9.17) is 0 Å². The number of carbonyl (C=O) groups is 1. The predicted molar refractivity (Wildman–Crippen MR) is 77.3 cm³/mol. The Bertz CT molecular complexity index is 444. The molecule has 2 aliphatic rings. The van der Waals surface area contributed by atoms with Crippen molar-refractivity contribution in [3.8, 4) is 0 Å². The van der Waals surface area contributed by atoms with Crippen molar-refractivity contribution in [3.63, 3.8) is 0 Å². The first-order valence-corrected chi connectivity index (χ1v) is 8.87. The summed E-state index contributed by atoms with van der Waals surface area (Å²) in [6, 6.07) is 0. The van der Waals surface area contributed by atoms with Crippen LogP contribution in [-0.2, 0) is 15.0 Å².